The molecule has 0 unspecified atom stereocenters. The molecule has 0 radical (unpaired) electrons. The fourth-order valence-corrected chi connectivity index (χ4v) is 2.52. The summed E-state index contributed by atoms with van der Waals surface area (Å²) in [5.41, 5.74) is 1.85. The first-order valence-electron chi connectivity index (χ1n) is 7.56. The summed E-state index contributed by atoms with van der Waals surface area (Å²) in [6.07, 6.45) is 3.64. The molecule has 0 atom stereocenters. The van der Waals surface area contributed by atoms with Crippen molar-refractivity contribution in [1.82, 2.24) is 4.98 Å². The van der Waals surface area contributed by atoms with Gasteiger partial charge in [0.2, 0.25) is 0 Å². The lowest BCUT2D eigenvalue weighted by molar-refractivity contribution is -0.383. The molecule has 0 aliphatic heterocycles. The monoisotopic (exact) mass is 336 g/mol. The van der Waals surface area contributed by atoms with E-state index in [0.29, 0.717) is 22.7 Å². The number of nitro groups is 1. The van der Waals surface area contributed by atoms with E-state index in [9.17, 15) is 10.1 Å². The van der Waals surface area contributed by atoms with Gasteiger partial charge < -0.3 is 9.47 Å². The molecule has 2 aromatic carbocycles. The first kappa shape index (κ1) is 16.4. The van der Waals surface area contributed by atoms with Crippen LogP contribution in [0.1, 0.15) is 11.3 Å². The van der Waals surface area contributed by atoms with Crippen LogP contribution in [0.25, 0.3) is 23.1 Å². The summed E-state index contributed by atoms with van der Waals surface area (Å²) in [5.74, 6) is 1.37. The Hall–Kier alpha value is -3.41. The van der Waals surface area contributed by atoms with Crippen LogP contribution in [0.2, 0.25) is 0 Å². The van der Waals surface area contributed by atoms with Crippen molar-refractivity contribution >= 4 is 28.7 Å². The van der Waals surface area contributed by atoms with E-state index in [4.69, 9.17) is 9.47 Å². The molecule has 0 aliphatic carbocycles. The second-order valence-electron chi connectivity index (χ2n) is 5.28. The summed E-state index contributed by atoms with van der Waals surface area (Å²) < 4.78 is 10.5. The van der Waals surface area contributed by atoms with Gasteiger partial charge in [-0.05, 0) is 30.4 Å². The first-order valence-corrected chi connectivity index (χ1v) is 7.56. The van der Waals surface area contributed by atoms with Crippen LogP contribution in [0.3, 0.4) is 0 Å². The zero-order valence-electron chi connectivity index (χ0n) is 13.8. The maximum absolute atomic E-state index is 11.2. The third-order valence-electron chi connectivity index (χ3n) is 3.79. The molecule has 25 heavy (non-hydrogen) atoms. The van der Waals surface area contributed by atoms with Gasteiger partial charge in [0.15, 0.2) is 0 Å². The molecule has 0 N–H and O–H groups in total. The zero-order valence-corrected chi connectivity index (χ0v) is 13.8. The number of para-hydroxylation sites is 1. The van der Waals surface area contributed by atoms with Crippen molar-refractivity contribution in [1.29, 1.82) is 0 Å². The van der Waals surface area contributed by atoms with Gasteiger partial charge in [-0.2, -0.15) is 0 Å². The predicted octanol–water partition coefficient (Wildman–Crippen LogP) is 4.33. The lowest BCUT2D eigenvalue weighted by Crippen LogP contribution is -1.92. The fourth-order valence-electron chi connectivity index (χ4n) is 2.52. The Balaban J connectivity index is 1.99. The Kier molecular flexibility index (Phi) is 4.61. The maximum atomic E-state index is 11.2. The predicted molar refractivity (Wildman–Crippen MR) is 96.9 cm³/mol. The summed E-state index contributed by atoms with van der Waals surface area (Å²) in [6.45, 7) is 0. The van der Waals surface area contributed by atoms with E-state index in [1.54, 1.807) is 38.5 Å². The van der Waals surface area contributed by atoms with Gasteiger partial charge in [-0.15, -0.1) is 0 Å². The van der Waals surface area contributed by atoms with Crippen molar-refractivity contribution in [3.63, 3.8) is 0 Å². The Morgan fingerprint density at radius 1 is 1.04 bits per heavy atom. The molecule has 1 heterocycles. The molecule has 3 rings (SSSR count). The highest BCUT2D eigenvalue weighted by Gasteiger charge is 2.12. The van der Waals surface area contributed by atoms with Crippen molar-refractivity contribution in [3.05, 3.63) is 69.9 Å². The number of nitrogens with zero attached hydrogens (tertiary/aromatic N) is 2. The number of benzene rings is 2. The van der Waals surface area contributed by atoms with Crippen LogP contribution < -0.4 is 9.47 Å². The quantitative estimate of drug-likeness (QED) is 0.512. The lowest BCUT2D eigenvalue weighted by Gasteiger charge is -2.07. The number of aromatic nitrogens is 1. The Morgan fingerprint density at radius 3 is 2.60 bits per heavy atom. The molecule has 0 fully saturated rings. The largest absolute Gasteiger partial charge is 0.497 e. The first-order chi connectivity index (χ1) is 12.1. The van der Waals surface area contributed by atoms with Gasteiger partial charge >= 0.3 is 0 Å². The number of pyridine rings is 1. The van der Waals surface area contributed by atoms with Crippen molar-refractivity contribution in [2.45, 2.75) is 0 Å². The van der Waals surface area contributed by atoms with Gasteiger partial charge in [0.25, 0.3) is 5.69 Å². The number of hydrogen-bond donors (Lipinski definition) is 0. The summed E-state index contributed by atoms with van der Waals surface area (Å²) in [5, 5.41) is 11.9. The van der Waals surface area contributed by atoms with Crippen molar-refractivity contribution in [3.8, 4) is 11.5 Å². The summed E-state index contributed by atoms with van der Waals surface area (Å²) in [7, 11) is 3.18. The second kappa shape index (κ2) is 7.00. The third kappa shape index (κ3) is 3.42. The average Bonchev–Trinajstić information content (AvgIpc) is 2.65. The molecule has 0 aliphatic rings. The normalized spacial score (nSPS) is 11.0. The number of rotatable bonds is 5. The highest BCUT2D eigenvalue weighted by Crippen LogP contribution is 2.27. The topological polar surface area (TPSA) is 74.5 Å². The van der Waals surface area contributed by atoms with Gasteiger partial charge in [-0.25, -0.2) is 4.98 Å². The maximum Gasteiger partial charge on any atom is 0.295 e. The van der Waals surface area contributed by atoms with Gasteiger partial charge in [0, 0.05) is 23.1 Å². The van der Waals surface area contributed by atoms with Crippen LogP contribution in [0.5, 0.6) is 11.5 Å². The lowest BCUT2D eigenvalue weighted by atomic mass is 10.1. The van der Waals surface area contributed by atoms with Gasteiger partial charge in [0.05, 0.1) is 24.8 Å². The molecule has 0 amide bonds. The number of non-ortho nitro benzene ring substituents is 1. The average molecular weight is 336 g/mol. The molecule has 126 valence electrons. The van der Waals surface area contributed by atoms with E-state index in [1.165, 1.54) is 6.07 Å². The summed E-state index contributed by atoms with van der Waals surface area (Å²) in [6, 6.07) is 14.0. The van der Waals surface area contributed by atoms with Gasteiger partial charge in [0.1, 0.15) is 17.0 Å². The molecular weight excluding hydrogens is 320 g/mol. The van der Waals surface area contributed by atoms with Crippen LogP contribution in [0.4, 0.5) is 5.69 Å². The molecule has 6 heteroatoms. The zero-order chi connectivity index (χ0) is 17.8. The van der Waals surface area contributed by atoms with Crippen LogP contribution in [0, 0.1) is 10.1 Å². The molecular formula is C19H16N2O4. The van der Waals surface area contributed by atoms with Crippen molar-refractivity contribution in [2.24, 2.45) is 0 Å². The van der Waals surface area contributed by atoms with E-state index in [1.807, 2.05) is 30.3 Å². The molecule has 6 nitrogen and oxygen atoms in total. The number of methoxy groups -OCH3 is 2. The number of hydrogen-bond acceptors (Lipinski definition) is 5. The van der Waals surface area contributed by atoms with E-state index < -0.39 is 4.92 Å². The number of fused-ring (bicyclic) bond motifs is 1. The molecule has 0 spiro atoms. The van der Waals surface area contributed by atoms with Gasteiger partial charge in [-0.3, -0.25) is 10.1 Å². The van der Waals surface area contributed by atoms with Crippen LogP contribution in [-0.2, 0) is 0 Å². The van der Waals surface area contributed by atoms with E-state index >= 15 is 0 Å². The van der Waals surface area contributed by atoms with E-state index in [-0.39, 0.29) is 5.69 Å². The minimum atomic E-state index is -0.421. The highest BCUT2D eigenvalue weighted by molar-refractivity contribution is 5.88. The molecule has 0 bridgehead atoms. The van der Waals surface area contributed by atoms with Crippen LogP contribution in [0.15, 0.2) is 48.5 Å². The third-order valence-corrected chi connectivity index (χ3v) is 3.79. The summed E-state index contributed by atoms with van der Waals surface area (Å²) in [4.78, 5) is 15.2. The standard InChI is InChI=1S/C19H16N2O4/c1-24-16-11-8-13(18(12-16)25-2)6-9-15-10-7-14-4-3-5-17(21(22)23)19(14)20-15/h3-12H,1-2H3/b9-6+. The van der Waals surface area contributed by atoms with Crippen molar-refractivity contribution < 1.29 is 14.4 Å². The second-order valence-corrected chi connectivity index (χ2v) is 5.28. The Bertz CT molecular complexity index is 967. The molecule has 0 saturated heterocycles. The number of ether oxygens (including phenoxy) is 2. The molecule has 1 aromatic heterocycles. The smallest absolute Gasteiger partial charge is 0.295 e. The SMILES string of the molecule is COc1ccc(/C=C/c2ccc3cccc([N+](=O)[O-])c3n2)c(OC)c1. The molecule has 0 saturated carbocycles. The minimum absolute atomic E-state index is 0.00484. The molecule has 3 aromatic rings. The Labute approximate surface area is 144 Å². The fraction of sp³-hybridized carbons (Fsp3) is 0.105. The van der Waals surface area contributed by atoms with E-state index in [0.717, 1.165) is 10.9 Å². The van der Waals surface area contributed by atoms with Crippen molar-refractivity contribution in [2.75, 3.05) is 14.2 Å². The summed E-state index contributed by atoms with van der Waals surface area (Å²) >= 11 is 0. The van der Waals surface area contributed by atoms with Crippen LogP contribution in [-0.4, -0.2) is 24.1 Å². The minimum Gasteiger partial charge on any atom is -0.497 e. The highest BCUT2D eigenvalue weighted by atomic mass is 16.6. The number of nitro benzene ring substituents is 1. The van der Waals surface area contributed by atoms with Gasteiger partial charge in [-0.1, -0.05) is 18.2 Å². The van der Waals surface area contributed by atoms with E-state index in [2.05, 4.69) is 4.98 Å². The Morgan fingerprint density at radius 2 is 1.88 bits per heavy atom. The van der Waals surface area contributed by atoms with Crippen LogP contribution >= 0.6 is 0 Å².